The Hall–Kier alpha value is -0.530. The average Bonchev–Trinajstić information content (AvgIpc) is 1.96. The molecule has 6 heteroatoms. The van der Waals surface area contributed by atoms with Gasteiger partial charge in [-0.1, -0.05) is 0 Å². The molecule has 2 nitrogen and oxygen atoms in total. The first-order valence-electron chi connectivity index (χ1n) is 2.85. The number of halogens is 4. The lowest BCUT2D eigenvalue weighted by Crippen LogP contribution is -1.96. The highest BCUT2D eigenvalue weighted by molar-refractivity contribution is 14.1. The standard InChI is InChI=1S/C6H3F3INO/c7-4(8)2-1-3(12)6(10)11-5(2)9/h1,4,12H. The van der Waals surface area contributed by atoms with Crippen molar-refractivity contribution in [3.63, 3.8) is 0 Å². The minimum atomic E-state index is -2.96. The Morgan fingerprint density at radius 2 is 2.08 bits per heavy atom. The first kappa shape index (κ1) is 9.56. The number of alkyl halides is 2. The van der Waals surface area contributed by atoms with E-state index in [2.05, 4.69) is 4.98 Å². The molecule has 12 heavy (non-hydrogen) atoms. The van der Waals surface area contributed by atoms with Gasteiger partial charge in [0.1, 0.15) is 9.45 Å². The van der Waals surface area contributed by atoms with Crippen molar-refractivity contribution in [1.29, 1.82) is 0 Å². The molecule has 1 N–H and O–H groups in total. The van der Waals surface area contributed by atoms with E-state index in [1.807, 2.05) is 0 Å². The summed E-state index contributed by atoms with van der Waals surface area (Å²) in [6.07, 6.45) is -2.96. The van der Waals surface area contributed by atoms with Crippen molar-refractivity contribution in [3.8, 4) is 5.75 Å². The first-order chi connectivity index (χ1) is 5.52. The number of pyridine rings is 1. The fraction of sp³-hybridized carbons (Fsp3) is 0.167. The van der Waals surface area contributed by atoms with E-state index in [0.29, 0.717) is 6.07 Å². The number of rotatable bonds is 1. The monoisotopic (exact) mass is 289 g/mol. The van der Waals surface area contributed by atoms with E-state index in [1.54, 1.807) is 22.6 Å². The van der Waals surface area contributed by atoms with E-state index >= 15 is 0 Å². The summed E-state index contributed by atoms with van der Waals surface area (Å²) in [4.78, 5) is 3.08. The van der Waals surface area contributed by atoms with Gasteiger partial charge in [-0.3, -0.25) is 0 Å². The highest BCUT2D eigenvalue weighted by atomic mass is 127. The fourth-order valence-corrected chi connectivity index (χ4v) is 0.995. The Balaban J connectivity index is 3.23. The quantitative estimate of drug-likeness (QED) is 0.636. The largest absolute Gasteiger partial charge is 0.505 e. The molecule has 0 aliphatic carbocycles. The zero-order chi connectivity index (χ0) is 9.30. The van der Waals surface area contributed by atoms with E-state index in [0.717, 1.165) is 0 Å². The van der Waals surface area contributed by atoms with Gasteiger partial charge in [-0.15, -0.1) is 0 Å². The molecule has 0 saturated carbocycles. The molecule has 0 bridgehead atoms. The Morgan fingerprint density at radius 1 is 1.50 bits per heavy atom. The van der Waals surface area contributed by atoms with Crippen LogP contribution in [0.2, 0.25) is 0 Å². The zero-order valence-electron chi connectivity index (χ0n) is 5.56. The van der Waals surface area contributed by atoms with Gasteiger partial charge in [0.25, 0.3) is 6.43 Å². The lowest BCUT2D eigenvalue weighted by Gasteiger charge is -2.02. The molecule has 1 rings (SSSR count). The van der Waals surface area contributed by atoms with Crippen LogP contribution in [0.15, 0.2) is 6.07 Å². The number of hydrogen-bond acceptors (Lipinski definition) is 2. The van der Waals surface area contributed by atoms with Crippen LogP contribution in [0.5, 0.6) is 5.75 Å². The molecule has 0 fully saturated rings. The summed E-state index contributed by atoms with van der Waals surface area (Å²) < 4.78 is 36.4. The second-order valence-corrected chi connectivity index (χ2v) is 3.00. The average molecular weight is 289 g/mol. The van der Waals surface area contributed by atoms with Crippen LogP contribution in [0.25, 0.3) is 0 Å². The summed E-state index contributed by atoms with van der Waals surface area (Å²) in [5.74, 6) is -1.68. The van der Waals surface area contributed by atoms with Gasteiger partial charge in [0.2, 0.25) is 5.95 Å². The molecule has 0 radical (unpaired) electrons. The van der Waals surface area contributed by atoms with E-state index < -0.39 is 23.7 Å². The molecule has 0 unspecified atom stereocenters. The van der Waals surface area contributed by atoms with Crippen molar-refractivity contribution in [2.75, 3.05) is 0 Å². The molecule has 66 valence electrons. The summed E-state index contributed by atoms with van der Waals surface area (Å²) in [5.41, 5.74) is -0.882. The Labute approximate surface area is 79.6 Å². The van der Waals surface area contributed by atoms with Gasteiger partial charge in [-0.2, -0.15) is 4.39 Å². The second kappa shape index (κ2) is 3.46. The summed E-state index contributed by atoms with van der Waals surface area (Å²) >= 11 is 1.54. The van der Waals surface area contributed by atoms with E-state index in [4.69, 9.17) is 5.11 Å². The SMILES string of the molecule is Oc1cc(C(F)F)c(F)nc1I. The number of nitrogens with zero attached hydrogens (tertiary/aromatic N) is 1. The predicted molar refractivity (Wildman–Crippen MR) is 43.5 cm³/mol. The summed E-state index contributed by atoms with van der Waals surface area (Å²) in [6, 6.07) is 0.675. The molecule has 1 aromatic rings. The topological polar surface area (TPSA) is 33.1 Å². The van der Waals surface area contributed by atoms with Crippen LogP contribution in [0, 0.1) is 9.65 Å². The predicted octanol–water partition coefficient (Wildman–Crippen LogP) is 2.47. The molecule has 0 aliphatic rings. The van der Waals surface area contributed by atoms with Gasteiger partial charge < -0.3 is 5.11 Å². The van der Waals surface area contributed by atoms with Crippen molar-refractivity contribution >= 4 is 22.6 Å². The lowest BCUT2D eigenvalue weighted by atomic mass is 10.3. The van der Waals surface area contributed by atoms with Crippen molar-refractivity contribution in [2.45, 2.75) is 6.43 Å². The van der Waals surface area contributed by atoms with Crippen LogP contribution in [0.1, 0.15) is 12.0 Å². The molecular formula is C6H3F3INO. The smallest absolute Gasteiger partial charge is 0.268 e. The number of hydrogen-bond donors (Lipinski definition) is 1. The van der Waals surface area contributed by atoms with Crippen molar-refractivity contribution < 1.29 is 18.3 Å². The van der Waals surface area contributed by atoms with E-state index in [-0.39, 0.29) is 3.70 Å². The van der Waals surface area contributed by atoms with Gasteiger partial charge >= 0.3 is 0 Å². The van der Waals surface area contributed by atoms with E-state index in [9.17, 15) is 13.2 Å². The van der Waals surface area contributed by atoms with Gasteiger partial charge in [-0.05, 0) is 28.7 Å². The first-order valence-corrected chi connectivity index (χ1v) is 3.93. The summed E-state index contributed by atoms with van der Waals surface area (Å²) in [6.45, 7) is 0. The molecule has 0 aromatic carbocycles. The third-order valence-electron chi connectivity index (χ3n) is 1.17. The molecular weight excluding hydrogens is 286 g/mol. The minimum absolute atomic E-state index is 0.0329. The normalized spacial score (nSPS) is 10.8. The van der Waals surface area contributed by atoms with E-state index in [1.165, 1.54) is 0 Å². The van der Waals surface area contributed by atoms with Crippen LogP contribution in [-0.4, -0.2) is 10.1 Å². The lowest BCUT2D eigenvalue weighted by molar-refractivity contribution is 0.144. The highest BCUT2D eigenvalue weighted by Crippen LogP contribution is 2.26. The molecule has 0 atom stereocenters. The minimum Gasteiger partial charge on any atom is -0.505 e. The number of aromatic nitrogens is 1. The maximum absolute atomic E-state index is 12.6. The van der Waals surface area contributed by atoms with Crippen LogP contribution in [0.3, 0.4) is 0 Å². The molecule has 1 heterocycles. The molecule has 0 aliphatic heterocycles. The molecule has 0 saturated heterocycles. The molecule has 0 spiro atoms. The van der Waals surface area contributed by atoms with Crippen LogP contribution in [0.4, 0.5) is 13.2 Å². The highest BCUT2D eigenvalue weighted by Gasteiger charge is 2.17. The molecule has 1 aromatic heterocycles. The van der Waals surface area contributed by atoms with Gasteiger partial charge in [0, 0.05) is 0 Å². The van der Waals surface area contributed by atoms with Gasteiger partial charge in [-0.25, -0.2) is 13.8 Å². The fourth-order valence-electron chi connectivity index (χ4n) is 0.627. The zero-order valence-corrected chi connectivity index (χ0v) is 7.72. The van der Waals surface area contributed by atoms with Crippen LogP contribution >= 0.6 is 22.6 Å². The van der Waals surface area contributed by atoms with Crippen molar-refractivity contribution in [3.05, 3.63) is 21.3 Å². The van der Waals surface area contributed by atoms with Crippen LogP contribution < -0.4 is 0 Å². The summed E-state index contributed by atoms with van der Waals surface area (Å²) in [5, 5.41) is 8.90. The second-order valence-electron chi connectivity index (χ2n) is 1.98. The number of aromatic hydroxyl groups is 1. The third kappa shape index (κ3) is 1.79. The van der Waals surface area contributed by atoms with Crippen LogP contribution in [-0.2, 0) is 0 Å². The van der Waals surface area contributed by atoms with Gasteiger partial charge in [0.15, 0.2) is 0 Å². The maximum atomic E-state index is 12.6. The Bertz CT molecular complexity index is 305. The molecule has 0 amide bonds. The Kier molecular flexibility index (Phi) is 2.76. The van der Waals surface area contributed by atoms with Crippen molar-refractivity contribution in [1.82, 2.24) is 4.98 Å². The Morgan fingerprint density at radius 3 is 2.58 bits per heavy atom. The maximum Gasteiger partial charge on any atom is 0.268 e. The van der Waals surface area contributed by atoms with Gasteiger partial charge in [0.05, 0.1) is 5.56 Å². The summed E-state index contributed by atoms with van der Waals surface area (Å²) in [7, 11) is 0. The third-order valence-corrected chi connectivity index (χ3v) is 1.97. The van der Waals surface area contributed by atoms with Crippen molar-refractivity contribution in [2.24, 2.45) is 0 Å².